The monoisotopic (exact) mass is 328 g/mol. The van der Waals surface area contributed by atoms with Gasteiger partial charge in [-0.25, -0.2) is 13.2 Å². The summed E-state index contributed by atoms with van der Waals surface area (Å²) in [4.78, 5) is 13.9. The summed E-state index contributed by atoms with van der Waals surface area (Å²) in [7, 11) is -4.49. The molecule has 0 aliphatic carbocycles. The summed E-state index contributed by atoms with van der Waals surface area (Å²) in [5.41, 5.74) is 0.317. The first kappa shape index (κ1) is 16.9. The predicted octanol–water partition coefficient (Wildman–Crippen LogP) is 0.0894. The molecule has 1 aromatic rings. The summed E-state index contributed by atoms with van der Waals surface area (Å²) in [5, 5.41) is 0. The lowest BCUT2D eigenvalue weighted by molar-refractivity contribution is 0.000931. The van der Waals surface area contributed by atoms with Crippen molar-refractivity contribution in [2.75, 3.05) is 38.6 Å². The molecule has 0 amide bonds. The van der Waals surface area contributed by atoms with Crippen molar-refractivity contribution in [1.82, 2.24) is 4.90 Å². The minimum atomic E-state index is -4.49. The van der Waals surface area contributed by atoms with Gasteiger partial charge in [0.15, 0.2) is 0 Å². The van der Waals surface area contributed by atoms with Crippen molar-refractivity contribution in [3.05, 3.63) is 35.9 Å². The number of hydrogen-bond acceptors (Lipinski definition) is 7. The standard InChI is InChI=1S/C14H19NO6S/c16-14(12-4-2-1-3-5-12)21-13(11-22(17,18)19)10-15-6-8-20-9-7-15/h1-5,13H,6-11H2,(H,17,18,19)/p-1. The van der Waals surface area contributed by atoms with Crippen LogP contribution < -0.4 is 0 Å². The second kappa shape index (κ2) is 7.68. The molecule has 122 valence electrons. The fraction of sp³-hybridized carbons (Fsp3) is 0.500. The van der Waals surface area contributed by atoms with E-state index in [1.165, 1.54) is 0 Å². The minimum Gasteiger partial charge on any atom is -0.748 e. The fourth-order valence-corrected chi connectivity index (χ4v) is 2.85. The third kappa shape index (κ3) is 5.72. The molecule has 0 spiro atoms. The van der Waals surface area contributed by atoms with Crippen LogP contribution in [0.3, 0.4) is 0 Å². The quantitative estimate of drug-likeness (QED) is 0.539. The highest BCUT2D eigenvalue weighted by Crippen LogP contribution is 2.08. The molecular formula is C14H18NO6S-. The average molecular weight is 328 g/mol. The van der Waals surface area contributed by atoms with Gasteiger partial charge in [0, 0.05) is 19.6 Å². The molecule has 7 nitrogen and oxygen atoms in total. The highest BCUT2D eigenvalue weighted by Gasteiger charge is 2.23. The molecule has 0 aromatic heterocycles. The first-order valence-corrected chi connectivity index (χ1v) is 8.51. The summed E-state index contributed by atoms with van der Waals surface area (Å²) < 4.78 is 43.5. The van der Waals surface area contributed by atoms with Crippen LogP contribution in [0, 0.1) is 0 Å². The van der Waals surface area contributed by atoms with Crippen LogP contribution in [-0.2, 0) is 19.6 Å². The molecule has 0 bridgehead atoms. The number of morpholine rings is 1. The van der Waals surface area contributed by atoms with Crippen LogP contribution in [0.1, 0.15) is 10.4 Å². The molecule has 1 atom stereocenters. The molecule has 1 aromatic carbocycles. The SMILES string of the molecule is O=C(OC(CN1CCOCC1)CS(=O)(=O)[O-])c1ccccc1. The smallest absolute Gasteiger partial charge is 0.338 e. The van der Waals surface area contributed by atoms with Crippen LogP contribution >= 0.6 is 0 Å². The first-order valence-electron chi connectivity index (χ1n) is 6.94. The third-order valence-electron chi connectivity index (χ3n) is 3.24. The maximum Gasteiger partial charge on any atom is 0.338 e. The molecule has 0 saturated carbocycles. The molecule has 1 unspecified atom stereocenters. The zero-order valence-electron chi connectivity index (χ0n) is 12.0. The van der Waals surface area contributed by atoms with Crippen LogP contribution in [0.15, 0.2) is 30.3 Å². The maximum atomic E-state index is 12.0. The van der Waals surface area contributed by atoms with Gasteiger partial charge in [0.1, 0.15) is 6.10 Å². The van der Waals surface area contributed by atoms with E-state index in [1.54, 1.807) is 30.3 Å². The Kier molecular flexibility index (Phi) is 5.90. The molecule has 0 radical (unpaired) electrons. The number of carbonyl (C=O) groups excluding carboxylic acids is 1. The summed E-state index contributed by atoms with van der Waals surface area (Å²) in [6.07, 6.45) is -0.992. The van der Waals surface area contributed by atoms with E-state index >= 15 is 0 Å². The average Bonchev–Trinajstić information content (AvgIpc) is 2.47. The van der Waals surface area contributed by atoms with Crippen molar-refractivity contribution in [1.29, 1.82) is 0 Å². The van der Waals surface area contributed by atoms with Gasteiger partial charge in [0.25, 0.3) is 0 Å². The molecule has 1 saturated heterocycles. The zero-order valence-corrected chi connectivity index (χ0v) is 12.8. The summed E-state index contributed by atoms with van der Waals surface area (Å²) in [5.74, 6) is -1.37. The molecule has 1 fully saturated rings. The van der Waals surface area contributed by atoms with Crippen LogP contribution in [0.4, 0.5) is 0 Å². The van der Waals surface area contributed by atoms with Crippen LogP contribution in [0.5, 0.6) is 0 Å². The van der Waals surface area contributed by atoms with Crippen molar-refractivity contribution >= 4 is 16.1 Å². The summed E-state index contributed by atoms with van der Waals surface area (Å²) >= 11 is 0. The van der Waals surface area contributed by atoms with Gasteiger partial charge in [-0.3, -0.25) is 4.90 Å². The highest BCUT2D eigenvalue weighted by molar-refractivity contribution is 7.85. The van der Waals surface area contributed by atoms with Crippen molar-refractivity contribution in [2.24, 2.45) is 0 Å². The summed E-state index contributed by atoms with van der Waals surface area (Å²) in [6.45, 7) is 2.48. The van der Waals surface area contributed by atoms with E-state index in [9.17, 15) is 17.8 Å². The van der Waals surface area contributed by atoms with E-state index in [0.29, 0.717) is 31.9 Å². The van der Waals surface area contributed by atoms with Gasteiger partial charge in [-0.05, 0) is 12.1 Å². The zero-order chi connectivity index (χ0) is 16.0. The number of hydrogen-bond donors (Lipinski definition) is 0. The number of nitrogens with zero attached hydrogens (tertiary/aromatic N) is 1. The largest absolute Gasteiger partial charge is 0.748 e. The van der Waals surface area contributed by atoms with E-state index < -0.39 is 27.9 Å². The van der Waals surface area contributed by atoms with Crippen molar-refractivity contribution in [3.63, 3.8) is 0 Å². The molecule has 22 heavy (non-hydrogen) atoms. The van der Waals surface area contributed by atoms with Gasteiger partial charge >= 0.3 is 5.97 Å². The predicted molar refractivity (Wildman–Crippen MR) is 77.5 cm³/mol. The van der Waals surface area contributed by atoms with Gasteiger partial charge < -0.3 is 14.0 Å². The lowest BCUT2D eigenvalue weighted by Gasteiger charge is -2.30. The Labute approximate surface area is 129 Å². The minimum absolute atomic E-state index is 0.198. The molecule has 1 aliphatic rings. The molecule has 2 rings (SSSR count). The van der Waals surface area contributed by atoms with E-state index in [-0.39, 0.29) is 6.54 Å². The van der Waals surface area contributed by atoms with Crippen molar-refractivity contribution in [2.45, 2.75) is 6.10 Å². The van der Waals surface area contributed by atoms with Crippen molar-refractivity contribution < 1.29 is 27.2 Å². The van der Waals surface area contributed by atoms with Crippen LogP contribution in [-0.4, -0.2) is 68.5 Å². The van der Waals surface area contributed by atoms with Gasteiger partial charge in [-0.1, -0.05) is 18.2 Å². The molecule has 1 heterocycles. The normalized spacial score (nSPS) is 17.9. The Morgan fingerprint density at radius 1 is 1.27 bits per heavy atom. The first-order chi connectivity index (χ1) is 10.4. The topological polar surface area (TPSA) is 96.0 Å². The van der Waals surface area contributed by atoms with Gasteiger partial charge in [0.2, 0.25) is 0 Å². The molecule has 0 N–H and O–H groups in total. The number of rotatable bonds is 6. The second-order valence-electron chi connectivity index (χ2n) is 5.03. The highest BCUT2D eigenvalue weighted by atomic mass is 32.2. The fourth-order valence-electron chi connectivity index (χ4n) is 2.22. The Hall–Kier alpha value is -1.48. The Morgan fingerprint density at radius 2 is 1.91 bits per heavy atom. The molecule has 1 aliphatic heterocycles. The third-order valence-corrected chi connectivity index (χ3v) is 4.02. The van der Waals surface area contributed by atoms with E-state index in [4.69, 9.17) is 9.47 Å². The number of benzene rings is 1. The van der Waals surface area contributed by atoms with Gasteiger partial charge in [-0.2, -0.15) is 0 Å². The molecular weight excluding hydrogens is 310 g/mol. The van der Waals surface area contributed by atoms with Gasteiger partial charge in [-0.15, -0.1) is 0 Å². The number of carbonyl (C=O) groups is 1. The van der Waals surface area contributed by atoms with Crippen LogP contribution in [0.2, 0.25) is 0 Å². The molecule has 8 heteroatoms. The Balaban J connectivity index is 2.01. The summed E-state index contributed by atoms with van der Waals surface area (Å²) in [6, 6.07) is 8.25. The van der Waals surface area contributed by atoms with E-state index in [2.05, 4.69) is 0 Å². The van der Waals surface area contributed by atoms with Crippen molar-refractivity contribution in [3.8, 4) is 0 Å². The number of ether oxygens (including phenoxy) is 2. The van der Waals surface area contributed by atoms with Gasteiger partial charge in [0.05, 0.1) is 34.6 Å². The number of esters is 1. The van der Waals surface area contributed by atoms with E-state index in [0.717, 1.165) is 0 Å². The lowest BCUT2D eigenvalue weighted by Crippen LogP contribution is -2.44. The Bertz CT molecular complexity index is 583. The lowest BCUT2D eigenvalue weighted by atomic mass is 10.2. The van der Waals surface area contributed by atoms with Crippen LogP contribution in [0.25, 0.3) is 0 Å². The maximum absolute atomic E-state index is 12.0. The van der Waals surface area contributed by atoms with E-state index in [1.807, 2.05) is 4.90 Å². The second-order valence-corrected chi connectivity index (χ2v) is 6.48. The Morgan fingerprint density at radius 3 is 2.50 bits per heavy atom.